The number of aromatic nitrogens is 1. The first-order valence-corrected chi connectivity index (χ1v) is 9.23. The van der Waals surface area contributed by atoms with E-state index in [1.54, 1.807) is 0 Å². The van der Waals surface area contributed by atoms with Crippen molar-refractivity contribution in [2.75, 3.05) is 19.0 Å². The van der Waals surface area contributed by atoms with Crippen molar-refractivity contribution in [1.29, 1.82) is 0 Å². The fourth-order valence-corrected chi connectivity index (χ4v) is 4.31. The van der Waals surface area contributed by atoms with Gasteiger partial charge in [0.2, 0.25) is 0 Å². The maximum atomic E-state index is 4.88. The predicted octanol–water partition coefficient (Wildman–Crippen LogP) is 3.94. The van der Waals surface area contributed by atoms with E-state index in [0.29, 0.717) is 6.04 Å². The molecule has 0 aliphatic heterocycles. The topological polar surface area (TPSA) is 28.2 Å². The van der Waals surface area contributed by atoms with Gasteiger partial charge in [-0.25, -0.2) is 4.98 Å². The van der Waals surface area contributed by atoms with E-state index in [1.165, 1.54) is 15.4 Å². The Labute approximate surface area is 136 Å². The minimum atomic E-state index is 0.465. The van der Waals surface area contributed by atoms with Gasteiger partial charge in [0.1, 0.15) is 0 Å². The van der Waals surface area contributed by atoms with E-state index in [4.69, 9.17) is 4.98 Å². The largest absolute Gasteiger partial charge is 0.348 e. The van der Waals surface area contributed by atoms with E-state index in [2.05, 4.69) is 48.6 Å². The van der Waals surface area contributed by atoms with E-state index in [1.807, 2.05) is 29.7 Å². The van der Waals surface area contributed by atoms with Gasteiger partial charge in [-0.15, -0.1) is 22.7 Å². The quantitative estimate of drug-likeness (QED) is 0.797. The van der Waals surface area contributed by atoms with E-state index in [9.17, 15) is 0 Å². The van der Waals surface area contributed by atoms with Gasteiger partial charge in [0, 0.05) is 35.8 Å². The SMILES string of the molecule is CCCc1nc(N(C)C(C)Cc2cccs2)sc1CNC. The second kappa shape index (κ2) is 7.92. The molecule has 116 valence electrons. The lowest BCUT2D eigenvalue weighted by atomic mass is 10.2. The molecule has 0 aliphatic rings. The molecule has 0 fully saturated rings. The maximum Gasteiger partial charge on any atom is 0.185 e. The smallest absolute Gasteiger partial charge is 0.185 e. The van der Waals surface area contributed by atoms with Crippen molar-refractivity contribution in [1.82, 2.24) is 10.3 Å². The number of anilines is 1. The van der Waals surface area contributed by atoms with Crippen molar-refractivity contribution in [3.8, 4) is 0 Å². The zero-order valence-corrected chi connectivity index (χ0v) is 15.0. The molecule has 3 nitrogen and oxygen atoms in total. The van der Waals surface area contributed by atoms with Gasteiger partial charge in [0.05, 0.1) is 5.69 Å². The van der Waals surface area contributed by atoms with Crippen molar-refractivity contribution >= 4 is 27.8 Å². The Morgan fingerprint density at radius 2 is 2.24 bits per heavy atom. The Bertz CT molecular complexity index is 510. The number of hydrogen-bond donors (Lipinski definition) is 1. The first kappa shape index (κ1) is 16.5. The van der Waals surface area contributed by atoms with Crippen molar-refractivity contribution in [3.63, 3.8) is 0 Å². The number of thiazole rings is 1. The average Bonchev–Trinajstić information content (AvgIpc) is 3.09. The van der Waals surface area contributed by atoms with Crippen LogP contribution in [0.25, 0.3) is 0 Å². The third kappa shape index (κ3) is 4.28. The number of thiophene rings is 1. The Morgan fingerprint density at radius 3 is 2.86 bits per heavy atom. The molecular weight excluding hydrogens is 298 g/mol. The fraction of sp³-hybridized carbons (Fsp3) is 0.562. The summed E-state index contributed by atoms with van der Waals surface area (Å²) in [6.07, 6.45) is 3.30. The van der Waals surface area contributed by atoms with Crippen LogP contribution in [0.1, 0.15) is 35.7 Å². The van der Waals surface area contributed by atoms with Crippen molar-refractivity contribution in [3.05, 3.63) is 33.0 Å². The van der Waals surface area contributed by atoms with Gasteiger partial charge in [-0.1, -0.05) is 19.4 Å². The van der Waals surface area contributed by atoms with Crippen LogP contribution in [0.3, 0.4) is 0 Å². The lowest BCUT2D eigenvalue weighted by molar-refractivity contribution is 0.684. The van der Waals surface area contributed by atoms with Crippen molar-refractivity contribution in [2.45, 2.75) is 45.7 Å². The molecule has 0 spiro atoms. The molecule has 0 bridgehead atoms. The molecule has 21 heavy (non-hydrogen) atoms. The number of nitrogens with zero attached hydrogens (tertiary/aromatic N) is 2. The van der Waals surface area contributed by atoms with Crippen LogP contribution in [0.2, 0.25) is 0 Å². The predicted molar refractivity (Wildman–Crippen MR) is 94.8 cm³/mol. The average molecular weight is 324 g/mol. The second-order valence-corrected chi connectivity index (χ2v) is 7.48. The molecule has 2 aromatic rings. The van der Waals surface area contributed by atoms with Gasteiger partial charge in [-0.05, 0) is 31.8 Å². The zero-order chi connectivity index (χ0) is 15.2. The summed E-state index contributed by atoms with van der Waals surface area (Å²) >= 11 is 3.66. The summed E-state index contributed by atoms with van der Waals surface area (Å²) in [5.74, 6) is 0. The summed E-state index contributed by atoms with van der Waals surface area (Å²) in [5, 5.41) is 6.55. The number of aryl methyl sites for hydroxylation is 1. The molecule has 0 saturated carbocycles. The first-order chi connectivity index (χ1) is 10.2. The Balaban J connectivity index is 2.10. The highest BCUT2D eigenvalue weighted by molar-refractivity contribution is 7.15. The third-order valence-corrected chi connectivity index (χ3v) is 5.72. The van der Waals surface area contributed by atoms with Crippen LogP contribution < -0.4 is 10.2 Å². The summed E-state index contributed by atoms with van der Waals surface area (Å²) in [6, 6.07) is 4.80. The number of nitrogens with one attached hydrogen (secondary N) is 1. The summed E-state index contributed by atoms with van der Waals surface area (Å²) in [6.45, 7) is 5.41. The van der Waals surface area contributed by atoms with Crippen LogP contribution in [-0.2, 0) is 19.4 Å². The minimum Gasteiger partial charge on any atom is -0.348 e. The summed E-state index contributed by atoms with van der Waals surface area (Å²) in [7, 11) is 4.16. The highest BCUT2D eigenvalue weighted by Gasteiger charge is 2.17. The second-order valence-electron chi connectivity index (χ2n) is 5.39. The number of likely N-dealkylation sites (N-methyl/N-ethyl adjacent to an activating group) is 1. The molecule has 0 amide bonds. The van der Waals surface area contributed by atoms with Gasteiger partial charge in [-0.3, -0.25) is 0 Å². The normalized spacial score (nSPS) is 12.6. The van der Waals surface area contributed by atoms with Gasteiger partial charge in [0.15, 0.2) is 5.13 Å². The minimum absolute atomic E-state index is 0.465. The standard InChI is InChI=1S/C16H25N3S2/c1-5-7-14-15(11-17-3)21-16(18-14)19(4)12(2)10-13-8-6-9-20-13/h6,8-9,12,17H,5,7,10-11H2,1-4H3. The lowest BCUT2D eigenvalue weighted by Crippen LogP contribution is -2.30. The van der Waals surface area contributed by atoms with Crippen LogP contribution >= 0.6 is 22.7 Å². The molecule has 5 heteroatoms. The van der Waals surface area contributed by atoms with Crippen molar-refractivity contribution < 1.29 is 0 Å². The van der Waals surface area contributed by atoms with Crippen LogP contribution in [0.15, 0.2) is 17.5 Å². The first-order valence-electron chi connectivity index (χ1n) is 7.54. The van der Waals surface area contributed by atoms with Gasteiger partial charge >= 0.3 is 0 Å². The molecule has 1 unspecified atom stereocenters. The summed E-state index contributed by atoms with van der Waals surface area (Å²) in [4.78, 5) is 10.0. The highest BCUT2D eigenvalue weighted by Crippen LogP contribution is 2.28. The molecule has 2 heterocycles. The molecule has 1 N–H and O–H groups in total. The molecule has 2 rings (SSSR count). The molecule has 0 radical (unpaired) electrons. The Kier molecular flexibility index (Phi) is 6.21. The molecule has 0 aromatic carbocycles. The van der Waals surface area contributed by atoms with Crippen molar-refractivity contribution in [2.24, 2.45) is 0 Å². The van der Waals surface area contributed by atoms with Crippen LogP contribution in [-0.4, -0.2) is 25.1 Å². The number of rotatable bonds is 8. The Morgan fingerprint density at radius 1 is 1.43 bits per heavy atom. The monoisotopic (exact) mass is 323 g/mol. The maximum absolute atomic E-state index is 4.88. The lowest BCUT2D eigenvalue weighted by Gasteiger charge is -2.23. The molecule has 0 saturated heterocycles. The fourth-order valence-electron chi connectivity index (χ4n) is 2.30. The Hall–Kier alpha value is -0.910. The van der Waals surface area contributed by atoms with E-state index in [0.717, 1.165) is 30.9 Å². The zero-order valence-electron chi connectivity index (χ0n) is 13.3. The molecular formula is C16H25N3S2. The van der Waals surface area contributed by atoms with E-state index in [-0.39, 0.29) is 0 Å². The van der Waals surface area contributed by atoms with Crippen LogP contribution in [0.4, 0.5) is 5.13 Å². The molecule has 2 aromatic heterocycles. The third-order valence-electron chi connectivity index (χ3n) is 3.63. The molecule has 0 aliphatic carbocycles. The highest BCUT2D eigenvalue weighted by atomic mass is 32.1. The van der Waals surface area contributed by atoms with Gasteiger partial charge < -0.3 is 10.2 Å². The van der Waals surface area contributed by atoms with Crippen LogP contribution in [0.5, 0.6) is 0 Å². The van der Waals surface area contributed by atoms with E-state index >= 15 is 0 Å². The van der Waals surface area contributed by atoms with Gasteiger partial charge in [0.25, 0.3) is 0 Å². The molecule has 1 atom stereocenters. The summed E-state index contributed by atoms with van der Waals surface area (Å²) < 4.78 is 0. The van der Waals surface area contributed by atoms with Gasteiger partial charge in [-0.2, -0.15) is 0 Å². The summed E-state index contributed by atoms with van der Waals surface area (Å²) in [5.41, 5.74) is 1.27. The van der Waals surface area contributed by atoms with Crippen LogP contribution in [0, 0.1) is 0 Å². The van der Waals surface area contributed by atoms with E-state index < -0.39 is 0 Å². The number of hydrogen-bond acceptors (Lipinski definition) is 5.